The van der Waals surface area contributed by atoms with Crippen LogP contribution in [0.15, 0.2) is 24.3 Å². The average molecular weight is 1420 g/mol. The second kappa shape index (κ2) is 70.6. The largest absolute Gasteiger partial charge is 0.472 e. The van der Waals surface area contributed by atoms with Crippen molar-refractivity contribution in [2.75, 3.05) is 39.6 Å². The molecule has 0 aromatic carbocycles. The Hall–Kier alpha value is -2.46. The first-order valence-electron chi connectivity index (χ1n) is 40.0. The van der Waals surface area contributed by atoms with Gasteiger partial charge in [-0.25, -0.2) is 9.13 Å². The van der Waals surface area contributed by atoms with Gasteiger partial charge >= 0.3 is 39.5 Å². The maximum absolute atomic E-state index is 13.1. The van der Waals surface area contributed by atoms with Gasteiger partial charge in [-0.3, -0.25) is 37.3 Å². The predicted molar refractivity (Wildman–Crippen MR) is 395 cm³/mol. The lowest BCUT2D eigenvalue weighted by Gasteiger charge is -2.21. The number of rotatable bonds is 76. The van der Waals surface area contributed by atoms with Crippen LogP contribution >= 0.6 is 15.6 Å². The lowest BCUT2D eigenvalue weighted by Crippen LogP contribution is -2.30. The number of aliphatic hydroxyl groups excluding tert-OH is 1. The van der Waals surface area contributed by atoms with E-state index in [9.17, 15) is 43.2 Å². The highest BCUT2D eigenvalue weighted by Crippen LogP contribution is 2.45. The SMILES string of the molecule is CCCCCC/C=C\C=C/CCCCCCCC(=O)OC[C@H](COP(=O)(O)OC[C@@H](O)COP(=O)(O)OC[C@@H](COC(=O)CCCCCCCCCC)OC(=O)CCCCCCCCCCC(C)CC)OC(=O)CCCCCCCCCCCCCCCCCCCCCCCC. The van der Waals surface area contributed by atoms with Gasteiger partial charge in [0.1, 0.15) is 19.3 Å². The molecule has 0 aromatic rings. The molecule has 0 saturated heterocycles. The van der Waals surface area contributed by atoms with Gasteiger partial charge in [0.05, 0.1) is 26.4 Å². The van der Waals surface area contributed by atoms with Crippen molar-refractivity contribution in [1.82, 2.24) is 0 Å². The highest BCUT2D eigenvalue weighted by atomic mass is 31.2. The molecular formula is C78H148O17P2. The third-order valence-electron chi connectivity index (χ3n) is 18.0. The molecular weight excluding hydrogens is 1270 g/mol. The van der Waals surface area contributed by atoms with Crippen molar-refractivity contribution in [1.29, 1.82) is 0 Å². The van der Waals surface area contributed by atoms with Gasteiger partial charge in [0.25, 0.3) is 0 Å². The highest BCUT2D eigenvalue weighted by molar-refractivity contribution is 7.47. The van der Waals surface area contributed by atoms with Gasteiger partial charge < -0.3 is 33.8 Å². The zero-order valence-electron chi connectivity index (χ0n) is 62.7. The Morgan fingerprint density at radius 1 is 0.330 bits per heavy atom. The first-order chi connectivity index (χ1) is 47.1. The lowest BCUT2D eigenvalue weighted by molar-refractivity contribution is -0.161. The van der Waals surface area contributed by atoms with Crippen molar-refractivity contribution in [3.8, 4) is 0 Å². The van der Waals surface area contributed by atoms with Gasteiger partial charge in [-0.05, 0) is 57.3 Å². The molecule has 0 aromatic heterocycles. The zero-order chi connectivity index (χ0) is 71.2. The Balaban J connectivity index is 5.21. The van der Waals surface area contributed by atoms with Gasteiger partial charge in [0, 0.05) is 25.7 Å². The number of carbonyl (C=O) groups excluding carboxylic acids is 4. The first kappa shape index (κ1) is 94.5. The van der Waals surface area contributed by atoms with Crippen LogP contribution in [0.5, 0.6) is 0 Å². The van der Waals surface area contributed by atoms with E-state index in [4.69, 9.17) is 37.0 Å². The number of phosphoric acid groups is 2. The molecule has 0 aliphatic heterocycles. The van der Waals surface area contributed by atoms with E-state index >= 15 is 0 Å². The third-order valence-corrected chi connectivity index (χ3v) is 19.9. The zero-order valence-corrected chi connectivity index (χ0v) is 64.5. The summed E-state index contributed by atoms with van der Waals surface area (Å²) in [5.74, 6) is -1.38. The minimum atomic E-state index is -4.97. The van der Waals surface area contributed by atoms with Crippen LogP contribution < -0.4 is 0 Å². The number of unbranched alkanes of at least 4 members (excludes halogenated alkanes) is 44. The molecule has 0 saturated carbocycles. The number of ether oxygens (including phenoxy) is 4. The molecule has 0 fully saturated rings. The molecule has 97 heavy (non-hydrogen) atoms. The number of aliphatic hydroxyl groups is 1. The summed E-state index contributed by atoms with van der Waals surface area (Å²) in [4.78, 5) is 72.7. The predicted octanol–water partition coefficient (Wildman–Crippen LogP) is 22.8. The molecule has 3 N–H and O–H groups in total. The maximum Gasteiger partial charge on any atom is 0.472 e. The second-order valence-corrected chi connectivity index (χ2v) is 30.6. The number of hydrogen-bond donors (Lipinski definition) is 3. The first-order valence-corrected chi connectivity index (χ1v) is 43.0. The van der Waals surface area contributed by atoms with Crippen molar-refractivity contribution in [2.45, 2.75) is 406 Å². The summed E-state index contributed by atoms with van der Waals surface area (Å²) in [6.07, 6.45) is 63.4. The quantitative estimate of drug-likeness (QED) is 0.0169. The number of hydrogen-bond acceptors (Lipinski definition) is 15. The van der Waals surface area contributed by atoms with Crippen LogP contribution in [0.3, 0.4) is 0 Å². The molecule has 0 radical (unpaired) electrons. The van der Waals surface area contributed by atoms with Crippen LogP contribution in [-0.4, -0.2) is 96.7 Å². The maximum atomic E-state index is 13.1. The van der Waals surface area contributed by atoms with Gasteiger partial charge in [0.2, 0.25) is 0 Å². The van der Waals surface area contributed by atoms with Crippen molar-refractivity contribution < 1.29 is 80.2 Å². The van der Waals surface area contributed by atoms with E-state index in [1.54, 1.807) is 0 Å². The Bertz CT molecular complexity index is 1950. The molecule has 0 bridgehead atoms. The minimum Gasteiger partial charge on any atom is -0.462 e. The number of carbonyl (C=O) groups is 4. The van der Waals surface area contributed by atoms with E-state index in [1.807, 2.05) is 0 Å². The van der Waals surface area contributed by atoms with Crippen LogP contribution in [0.2, 0.25) is 0 Å². The topological polar surface area (TPSA) is 237 Å². The van der Waals surface area contributed by atoms with Crippen LogP contribution in [0.4, 0.5) is 0 Å². The standard InChI is InChI=1S/C78H148O17P2/c1-6-10-13-16-19-22-24-26-28-29-30-31-32-33-34-36-38-40-42-48-53-58-63-77(82)94-74(68-89-76(81)62-57-52-47-41-39-37-35-27-25-23-20-17-14-11-7-2)70-93-97(86,87)91-66-72(79)65-90-96(84,85)92-69-73(67-88-75(80)61-56-51-46-21-18-15-12-8-3)95-78(83)64-59-54-49-44-43-45-50-55-60-71(5)9-4/h23,25,27,35,71-74,79H,6-22,24,26,28-34,36-70H2,1-5H3,(H,84,85)(H,86,87)/b25-23-,35-27-/t71?,72-,73+,74+/m0/s1. The Labute approximate surface area is 592 Å². The lowest BCUT2D eigenvalue weighted by atomic mass is 9.99. The molecule has 19 heteroatoms. The molecule has 0 aliphatic rings. The van der Waals surface area contributed by atoms with Gasteiger partial charge in [-0.1, -0.05) is 335 Å². The molecule has 0 rings (SSSR count). The van der Waals surface area contributed by atoms with E-state index < -0.39 is 97.5 Å². The molecule has 0 aliphatic carbocycles. The summed E-state index contributed by atoms with van der Waals surface area (Å²) >= 11 is 0. The smallest absolute Gasteiger partial charge is 0.462 e. The number of esters is 4. The van der Waals surface area contributed by atoms with E-state index in [2.05, 4.69) is 58.9 Å². The summed E-state index contributed by atoms with van der Waals surface area (Å²) in [6, 6.07) is 0. The molecule has 572 valence electrons. The van der Waals surface area contributed by atoms with E-state index in [1.165, 1.54) is 186 Å². The van der Waals surface area contributed by atoms with Crippen LogP contribution in [0, 0.1) is 5.92 Å². The molecule has 0 heterocycles. The fourth-order valence-corrected chi connectivity index (χ4v) is 13.1. The van der Waals surface area contributed by atoms with Gasteiger partial charge in [-0.2, -0.15) is 0 Å². The fraction of sp³-hybridized carbons (Fsp3) is 0.897. The average Bonchev–Trinajstić information content (AvgIpc) is 2.49. The third kappa shape index (κ3) is 70.4. The summed E-state index contributed by atoms with van der Waals surface area (Å²) in [5, 5.41) is 10.6. The van der Waals surface area contributed by atoms with E-state index in [0.29, 0.717) is 25.7 Å². The summed E-state index contributed by atoms with van der Waals surface area (Å²) in [6.45, 7) is 7.20. The van der Waals surface area contributed by atoms with Crippen molar-refractivity contribution in [2.24, 2.45) is 5.92 Å². The molecule has 0 amide bonds. The van der Waals surface area contributed by atoms with Crippen LogP contribution in [0.25, 0.3) is 0 Å². The fourth-order valence-electron chi connectivity index (χ4n) is 11.5. The highest BCUT2D eigenvalue weighted by Gasteiger charge is 2.30. The Kier molecular flexibility index (Phi) is 68.8. The summed E-state index contributed by atoms with van der Waals surface area (Å²) in [7, 11) is -9.92. The van der Waals surface area contributed by atoms with Gasteiger partial charge in [0.15, 0.2) is 12.2 Å². The minimum absolute atomic E-state index is 0.102. The number of phosphoric ester groups is 2. The van der Waals surface area contributed by atoms with Crippen molar-refractivity contribution in [3.63, 3.8) is 0 Å². The summed E-state index contributed by atoms with van der Waals surface area (Å²) < 4.78 is 68.4. The molecule has 0 spiro atoms. The van der Waals surface area contributed by atoms with Crippen molar-refractivity contribution in [3.05, 3.63) is 24.3 Å². The summed E-state index contributed by atoms with van der Waals surface area (Å²) in [5.41, 5.74) is 0. The monoisotopic (exact) mass is 1420 g/mol. The van der Waals surface area contributed by atoms with E-state index in [0.717, 1.165) is 121 Å². The molecule has 3 unspecified atom stereocenters. The molecule has 6 atom stereocenters. The van der Waals surface area contributed by atoms with E-state index in [-0.39, 0.29) is 25.7 Å². The second-order valence-electron chi connectivity index (χ2n) is 27.7. The van der Waals surface area contributed by atoms with Crippen LogP contribution in [-0.2, 0) is 65.4 Å². The Morgan fingerprint density at radius 3 is 0.876 bits per heavy atom. The van der Waals surface area contributed by atoms with Crippen LogP contribution in [0.1, 0.15) is 388 Å². The number of allylic oxidation sites excluding steroid dienone is 4. The Morgan fingerprint density at radius 2 is 0.577 bits per heavy atom. The van der Waals surface area contributed by atoms with Gasteiger partial charge in [-0.15, -0.1) is 0 Å². The molecule has 17 nitrogen and oxygen atoms in total. The van der Waals surface area contributed by atoms with Crippen molar-refractivity contribution >= 4 is 39.5 Å². The normalized spacial score (nSPS) is 14.4.